The fourth-order valence-electron chi connectivity index (χ4n) is 2.50. The maximum absolute atomic E-state index is 12.7. The molecule has 0 aliphatic heterocycles. The zero-order valence-corrected chi connectivity index (χ0v) is 14.5. The van der Waals surface area contributed by atoms with Gasteiger partial charge in [-0.25, -0.2) is 0 Å². The number of hydrogen-bond acceptors (Lipinski definition) is 2. The van der Waals surface area contributed by atoms with E-state index in [4.69, 9.17) is 0 Å². The van der Waals surface area contributed by atoms with Crippen LogP contribution in [0, 0.1) is 3.57 Å². The van der Waals surface area contributed by atoms with Crippen molar-refractivity contribution in [2.75, 3.05) is 13.1 Å². The summed E-state index contributed by atoms with van der Waals surface area (Å²) < 4.78 is 1.20. The van der Waals surface area contributed by atoms with Crippen LogP contribution in [0.15, 0.2) is 24.3 Å². The molecule has 0 aliphatic carbocycles. The van der Waals surface area contributed by atoms with Gasteiger partial charge >= 0.3 is 0 Å². The zero-order chi connectivity index (χ0) is 14.5. The summed E-state index contributed by atoms with van der Waals surface area (Å²) in [7, 11) is 0. The summed E-state index contributed by atoms with van der Waals surface area (Å²) in [4.78, 5) is 14.9. The van der Waals surface area contributed by atoms with E-state index in [1.54, 1.807) is 0 Å². The van der Waals surface area contributed by atoms with E-state index in [0.29, 0.717) is 12.2 Å². The minimum Gasteiger partial charge on any atom is -0.297 e. The third-order valence-electron chi connectivity index (χ3n) is 4.03. The van der Waals surface area contributed by atoms with Crippen LogP contribution in [0.3, 0.4) is 0 Å². The molecule has 1 unspecified atom stereocenters. The van der Waals surface area contributed by atoms with Crippen LogP contribution in [0.2, 0.25) is 0 Å². The standard InChI is InChI=1S/C16H24INO/c1-5-16(4,18(6-2)7-3)15(19)12-13-8-10-14(17)11-9-13/h8-11H,5-7,12H2,1-4H3. The molecule has 0 aromatic heterocycles. The molecule has 0 heterocycles. The largest absolute Gasteiger partial charge is 0.297 e. The molecule has 3 heteroatoms. The topological polar surface area (TPSA) is 20.3 Å². The molecule has 1 aromatic rings. The van der Waals surface area contributed by atoms with Crippen LogP contribution in [0.25, 0.3) is 0 Å². The van der Waals surface area contributed by atoms with Crippen LogP contribution in [0.1, 0.15) is 39.7 Å². The van der Waals surface area contributed by atoms with Crippen LogP contribution < -0.4 is 0 Å². The lowest BCUT2D eigenvalue weighted by molar-refractivity contribution is -0.129. The second-order valence-electron chi connectivity index (χ2n) is 5.03. The summed E-state index contributed by atoms with van der Waals surface area (Å²) in [6.45, 7) is 10.3. The third kappa shape index (κ3) is 4.02. The molecule has 0 N–H and O–H groups in total. The average molecular weight is 373 g/mol. The molecule has 0 saturated carbocycles. The van der Waals surface area contributed by atoms with Crippen molar-refractivity contribution in [3.8, 4) is 0 Å². The maximum atomic E-state index is 12.7. The Hall–Kier alpha value is -0.420. The summed E-state index contributed by atoms with van der Waals surface area (Å²) in [5.74, 6) is 0.319. The predicted molar refractivity (Wildman–Crippen MR) is 89.5 cm³/mol. The van der Waals surface area contributed by atoms with E-state index in [1.165, 1.54) is 3.57 Å². The highest BCUT2D eigenvalue weighted by atomic mass is 127. The summed E-state index contributed by atoms with van der Waals surface area (Å²) in [5, 5.41) is 0. The van der Waals surface area contributed by atoms with Gasteiger partial charge in [0, 0.05) is 9.99 Å². The van der Waals surface area contributed by atoms with Gasteiger partial charge in [0.1, 0.15) is 0 Å². The molecular formula is C16H24INO. The van der Waals surface area contributed by atoms with E-state index in [9.17, 15) is 4.79 Å². The van der Waals surface area contributed by atoms with Gasteiger partial charge in [0.15, 0.2) is 5.78 Å². The Labute approximate surface area is 130 Å². The number of carbonyl (C=O) groups excluding carboxylic acids is 1. The lowest BCUT2D eigenvalue weighted by Gasteiger charge is -2.38. The maximum Gasteiger partial charge on any atom is 0.157 e. The number of carbonyl (C=O) groups is 1. The van der Waals surface area contributed by atoms with Crippen LogP contribution >= 0.6 is 22.6 Å². The molecule has 0 amide bonds. The quantitative estimate of drug-likeness (QED) is 0.676. The second-order valence-corrected chi connectivity index (χ2v) is 6.27. The van der Waals surface area contributed by atoms with E-state index >= 15 is 0 Å². The SMILES string of the molecule is CCN(CC)C(C)(CC)C(=O)Cc1ccc(I)cc1. The minimum atomic E-state index is -0.341. The van der Waals surface area contributed by atoms with Crippen molar-refractivity contribution in [3.05, 3.63) is 33.4 Å². The minimum absolute atomic E-state index is 0.319. The highest BCUT2D eigenvalue weighted by Gasteiger charge is 2.35. The molecule has 19 heavy (non-hydrogen) atoms. The van der Waals surface area contributed by atoms with Crippen molar-refractivity contribution >= 4 is 28.4 Å². The molecule has 2 nitrogen and oxygen atoms in total. The monoisotopic (exact) mass is 373 g/mol. The Morgan fingerprint density at radius 3 is 2.11 bits per heavy atom. The van der Waals surface area contributed by atoms with Crippen molar-refractivity contribution in [2.45, 2.75) is 46.1 Å². The van der Waals surface area contributed by atoms with Gasteiger partial charge in [-0.2, -0.15) is 0 Å². The number of nitrogens with zero attached hydrogens (tertiary/aromatic N) is 1. The Bertz CT molecular complexity index is 411. The van der Waals surface area contributed by atoms with Gasteiger partial charge in [0.05, 0.1) is 5.54 Å². The van der Waals surface area contributed by atoms with Gasteiger partial charge in [-0.1, -0.05) is 32.9 Å². The normalized spacial score (nSPS) is 14.4. The number of hydrogen-bond donors (Lipinski definition) is 0. The molecule has 0 bridgehead atoms. The van der Waals surface area contributed by atoms with Crippen molar-refractivity contribution < 1.29 is 4.79 Å². The highest BCUT2D eigenvalue weighted by Crippen LogP contribution is 2.22. The number of ketones is 1. The summed E-state index contributed by atoms with van der Waals surface area (Å²) in [6, 6.07) is 8.23. The molecule has 0 fully saturated rings. The van der Waals surface area contributed by atoms with Gasteiger partial charge in [0.25, 0.3) is 0 Å². The zero-order valence-electron chi connectivity index (χ0n) is 12.4. The number of benzene rings is 1. The fourth-order valence-corrected chi connectivity index (χ4v) is 2.86. The van der Waals surface area contributed by atoms with Crippen molar-refractivity contribution in [2.24, 2.45) is 0 Å². The van der Waals surface area contributed by atoms with Crippen molar-refractivity contribution in [3.63, 3.8) is 0 Å². The Balaban J connectivity index is 2.87. The van der Waals surface area contributed by atoms with E-state index < -0.39 is 0 Å². The molecule has 0 aliphatic rings. The van der Waals surface area contributed by atoms with Gasteiger partial charge in [-0.3, -0.25) is 9.69 Å². The van der Waals surface area contributed by atoms with Crippen molar-refractivity contribution in [1.82, 2.24) is 4.90 Å². The second kappa shape index (κ2) is 7.39. The Morgan fingerprint density at radius 2 is 1.68 bits per heavy atom. The van der Waals surface area contributed by atoms with Crippen molar-refractivity contribution in [1.29, 1.82) is 0 Å². The average Bonchev–Trinajstić information content (AvgIpc) is 2.42. The number of Topliss-reactive ketones (excluding diaryl/α,β-unsaturated/α-hetero) is 1. The summed E-state index contributed by atoms with van der Waals surface area (Å²) in [5.41, 5.74) is 0.768. The van der Waals surface area contributed by atoms with Gasteiger partial charge in [-0.05, 0) is 66.7 Å². The highest BCUT2D eigenvalue weighted by molar-refractivity contribution is 14.1. The van der Waals surface area contributed by atoms with Crippen LogP contribution in [-0.4, -0.2) is 29.3 Å². The first kappa shape index (κ1) is 16.6. The first-order valence-electron chi connectivity index (χ1n) is 7.00. The fraction of sp³-hybridized carbons (Fsp3) is 0.562. The molecule has 1 atom stereocenters. The first-order chi connectivity index (χ1) is 8.97. The molecule has 0 saturated heterocycles. The van der Waals surface area contributed by atoms with E-state index in [2.05, 4.69) is 79.5 Å². The molecule has 106 valence electrons. The summed E-state index contributed by atoms with van der Waals surface area (Å²) in [6.07, 6.45) is 1.38. The Morgan fingerprint density at radius 1 is 1.16 bits per heavy atom. The van der Waals surface area contributed by atoms with Gasteiger partial charge < -0.3 is 0 Å². The van der Waals surface area contributed by atoms with E-state index in [1.807, 2.05) is 0 Å². The predicted octanol–water partition coefficient (Wildman–Crippen LogP) is 3.91. The van der Waals surface area contributed by atoms with Gasteiger partial charge in [-0.15, -0.1) is 0 Å². The number of likely N-dealkylation sites (N-methyl/N-ethyl adjacent to an activating group) is 1. The summed E-state index contributed by atoms with van der Waals surface area (Å²) >= 11 is 2.28. The molecule has 0 radical (unpaired) electrons. The Kier molecular flexibility index (Phi) is 6.47. The number of halogens is 1. The third-order valence-corrected chi connectivity index (χ3v) is 4.75. The number of rotatable bonds is 7. The van der Waals surface area contributed by atoms with Gasteiger partial charge in [0.2, 0.25) is 0 Å². The molecule has 1 rings (SSSR count). The lowest BCUT2D eigenvalue weighted by Crippen LogP contribution is -2.52. The molecular weight excluding hydrogens is 349 g/mol. The van der Waals surface area contributed by atoms with Crippen LogP contribution in [0.5, 0.6) is 0 Å². The van der Waals surface area contributed by atoms with E-state index in [-0.39, 0.29) is 5.54 Å². The first-order valence-corrected chi connectivity index (χ1v) is 8.08. The van der Waals surface area contributed by atoms with Crippen LogP contribution in [0.4, 0.5) is 0 Å². The molecule has 0 spiro atoms. The van der Waals surface area contributed by atoms with E-state index in [0.717, 1.165) is 25.1 Å². The molecule has 1 aromatic carbocycles. The smallest absolute Gasteiger partial charge is 0.157 e. The van der Waals surface area contributed by atoms with Crippen LogP contribution in [-0.2, 0) is 11.2 Å². The lowest BCUT2D eigenvalue weighted by atomic mass is 9.87.